The van der Waals surface area contributed by atoms with Crippen LogP contribution in [-0.2, 0) is 0 Å². The molecule has 2 aromatic rings. The highest BCUT2D eigenvalue weighted by atomic mass is 19.1. The van der Waals surface area contributed by atoms with Gasteiger partial charge >= 0.3 is 0 Å². The van der Waals surface area contributed by atoms with Gasteiger partial charge in [-0.3, -0.25) is 9.59 Å². The molecular weight excluding hydrogens is 325 g/mol. The number of hydrogen-bond acceptors (Lipinski definition) is 3. The molecule has 0 aliphatic rings. The van der Waals surface area contributed by atoms with Crippen molar-refractivity contribution in [1.82, 2.24) is 15.6 Å². The Morgan fingerprint density at radius 3 is 2.52 bits per heavy atom. The van der Waals surface area contributed by atoms with Gasteiger partial charge in [0.05, 0.1) is 0 Å². The van der Waals surface area contributed by atoms with E-state index < -0.39 is 17.8 Å². The number of amides is 2. The smallest absolute Gasteiger partial charge is 0.271 e. The Hall–Kier alpha value is -2.83. The van der Waals surface area contributed by atoms with Crippen LogP contribution < -0.4 is 15.4 Å². The van der Waals surface area contributed by atoms with Crippen molar-refractivity contribution >= 4 is 11.8 Å². The maximum atomic E-state index is 14.0. The highest BCUT2D eigenvalue weighted by molar-refractivity contribution is 6.01. The number of halogens is 1. The molecule has 25 heavy (non-hydrogen) atoms. The minimum absolute atomic E-state index is 0.129. The zero-order chi connectivity index (χ0) is 18.6. The Kier molecular flexibility index (Phi) is 5.80. The van der Waals surface area contributed by atoms with Crippen LogP contribution in [0.1, 0.15) is 52.1 Å². The highest BCUT2D eigenvalue weighted by Gasteiger charge is 2.26. The minimum atomic E-state index is -0.638. The molecule has 7 heteroatoms. The predicted molar refractivity (Wildman–Crippen MR) is 92.4 cm³/mol. The van der Waals surface area contributed by atoms with Crippen LogP contribution in [0.15, 0.2) is 24.3 Å². The SMILES string of the molecule is CCNC(=O)c1[nH]c(C(=O)NC)c(O[C@@H](C)c2ccccc2F)c1C. The van der Waals surface area contributed by atoms with Crippen molar-refractivity contribution in [2.24, 2.45) is 0 Å². The summed E-state index contributed by atoms with van der Waals surface area (Å²) >= 11 is 0. The van der Waals surface area contributed by atoms with Gasteiger partial charge in [0.1, 0.15) is 23.3 Å². The molecule has 2 rings (SSSR count). The second-order valence-corrected chi connectivity index (χ2v) is 5.55. The molecule has 0 unspecified atom stereocenters. The van der Waals surface area contributed by atoms with Gasteiger partial charge in [0, 0.05) is 24.7 Å². The number of carbonyl (C=O) groups excluding carboxylic acids is 2. The van der Waals surface area contributed by atoms with E-state index in [2.05, 4.69) is 15.6 Å². The average molecular weight is 347 g/mol. The first-order valence-electron chi connectivity index (χ1n) is 8.04. The van der Waals surface area contributed by atoms with Crippen molar-refractivity contribution in [2.45, 2.75) is 26.9 Å². The third kappa shape index (κ3) is 3.81. The first-order valence-corrected chi connectivity index (χ1v) is 8.04. The summed E-state index contributed by atoms with van der Waals surface area (Å²) in [4.78, 5) is 27.1. The zero-order valence-corrected chi connectivity index (χ0v) is 14.7. The van der Waals surface area contributed by atoms with Crippen molar-refractivity contribution in [3.8, 4) is 5.75 Å². The van der Waals surface area contributed by atoms with E-state index in [9.17, 15) is 14.0 Å². The van der Waals surface area contributed by atoms with Crippen molar-refractivity contribution in [2.75, 3.05) is 13.6 Å². The van der Waals surface area contributed by atoms with E-state index in [1.165, 1.54) is 13.1 Å². The summed E-state index contributed by atoms with van der Waals surface area (Å²) in [6.45, 7) is 5.61. The Balaban J connectivity index is 2.43. The van der Waals surface area contributed by atoms with E-state index in [0.717, 1.165) is 0 Å². The van der Waals surface area contributed by atoms with Crippen molar-refractivity contribution < 1.29 is 18.7 Å². The van der Waals surface area contributed by atoms with Crippen LogP contribution in [0.25, 0.3) is 0 Å². The molecule has 1 aromatic heterocycles. The summed E-state index contributed by atoms with van der Waals surface area (Å²) in [7, 11) is 1.48. The molecule has 0 radical (unpaired) electrons. The molecule has 0 bridgehead atoms. The molecule has 1 atom stereocenters. The van der Waals surface area contributed by atoms with Crippen LogP contribution in [0.3, 0.4) is 0 Å². The summed E-state index contributed by atoms with van der Waals surface area (Å²) in [6.07, 6.45) is -0.638. The molecular formula is C18H22FN3O3. The molecule has 1 aromatic carbocycles. The lowest BCUT2D eigenvalue weighted by Gasteiger charge is -2.16. The molecule has 0 aliphatic heterocycles. The van der Waals surface area contributed by atoms with Gasteiger partial charge in [-0.2, -0.15) is 0 Å². The second kappa shape index (κ2) is 7.83. The molecule has 2 amide bonds. The molecule has 0 fully saturated rings. The molecule has 3 N–H and O–H groups in total. The lowest BCUT2D eigenvalue weighted by Crippen LogP contribution is -2.24. The fourth-order valence-corrected chi connectivity index (χ4v) is 2.53. The number of aromatic nitrogens is 1. The van der Waals surface area contributed by atoms with Crippen LogP contribution >= 0.6 is 0 Å². The maximum Gasteiger partial charge on any atom is 0.271 e. The quantitative estimate of drug-likeness (QED) is 0.751. The standard InChI is InChI=1S/C18H22FN3O3/c1-5-21-18(24)14-10(2)16(15(22-14)17(23)20-4)25-11(3)12-8-6-7-9-13(12)19/h6-9,11,22H,5H2,1-4H3,(H,20,23)(H,21,24)/t11-/m0/s1. The molecule has 0 aliphatic carbocycles. The van der Waals surface area contributed by atoms with Gasteiger partial charge in [0.15, 0.2) is 5.75 Å². The van der Waals surface area contributed by atoms with Gasteiger partial charge in [-0.1, -0.05) is 18.2 Å². The second-order valence-electron chi connectivity index (χ2n) is 5.55. The van der Waals surface area contributed by atoms with Crippen LogP contribution in [0.2, 0.25) is 0 Å². The van der Waals surface area contributed by atoms with Crippen LogP contribution in [0.4, 0.5) is 4.39 Å². The zero-order valence-electron chi connectivity index (χ0n) is 14.7. The number of rotatable bonds is 6. The van der Waals surface area contributed by atoms with Gasteiger partial charge in [-0.25, -0.2) is 4.39 Å². The number of benzene rings is 1. The summed E-state index contributed by atoms with van der Waals surface area (Å²) in [6, 6.07) is 6.27. The van der Waals surface area contributed by atoms with Gasteiger partial charge in [-0.05, 0) is 26.8 Å². The van der Waals surface area contributed by atoms with E-state index >= 15 is 0 Å². The maximum absolute atomic E-state index is 14.0. The molecule has 0 saturated carbocycles. The average Bonchev–Trinajstić information content (AvgIpc) is 2.91. The summed E-state index contributed by atoms with van der Waals surface area (Å²) in [5, 5.41) is 5.18. The largest absolute Gasteiger partial charge is 0.483 e. The number of nitrogens with one attached hydrogen (secondary N) is 3. The lowest BCUT2D eigenvalue weighted by molar-refractivity contribution is 0.0950. The van der Waals surface area contributed by atoms with Crippen molar-refractivity contribution in [3.63, 3.8) is 0 Å². The number of aromatic amines is 1. The minimum Gasteiger partial charge on any atom is -0.483 e. The van der Waals surface area contributed by atoms with E-state index in [4.69, 9.17) is 4.74 Å². The molecule has 1 heterocycles. The molecule has 134 valence electrons. The van der Waals surface area contributed by atoms with E-state index in [-0.39, 0.29) is 23.0 Å². The monoisotopic (exact) mass is 347 g/mol. The van der Waals surface area contributed by atoms with Gasteiger partial charge in [0.25, 0.3) is 11.8 Å². The third-order valence-electron chi connectivity index (χ3n) is 3.85. The highest BCUT2D eigenvalue weighted by Crippen LogP contribution is 2.32. The predicted octanol–water partition coefficient (Wildman–Crippen LogP) is 2.71. The molecule has 6 nitrogen and oxygen atoms in total. The lowest BCUT2D eigenvalue weighted by atomic mass is 10.1. The summed E-state index contributed by atoms with van der Waals surface area (Å²) in [5.74, 6) is -0.919. The Morgan fingerprint density at radius 2 is 1.92 bits per heavy atom. The number of hydrogen-bond donors (Lipinski definition) is 3. The Labute approximate surface area is 145 Å². The first kappa shape index (κ1) is 18.5. The van der Waals surface area contributed by atoms with Gasteiger partial charge in [-0.15, -0.1) is 0 Å². The normalized spacial score (nSPS) is 11.7. The van der Waals surface area contributed by atoms with Crippen LogP contribution in [0.5, 0.6) is 5.75 Å². The fraction of sp³-hybridized carbons (Fsp3) is 0.333. The van der Waals surface area contributed by atoms with E-state index in [1.54, 1.807) is 39.0 Å². The summed E-state index contributed by atoms with van der Waals surface area (Å²) in [5.41, 5.74) is 1.24. The van der Waals surface area contributed by atoms with Crippen LogP contribution in [-0.4, -0.2) is 30.4 Å². The fourth-order valence-electron chi connectivity index (χ4n) is 2.53. The van der Waals surface area contributed by atoms with Crippen LogP contribution in [0, 0.1) is 12.7 Å². The Bertz CT molecular complexity index is 786. The third-order valence-corrected chi connectivity index (χ3v) is 3.85. The Morgan fingerprint density at radius 1 is 1.24 bits per heavy atom. The van der Waals surface area contributed by atoms with Crippen molar-refractivity contribution in [1.29, 1.82) is 0 Å². The first-order chi connectivity index (χ1) is 11.9. The number of H-pyrrole nitrogens is 1. The topological polar surface area (TPSA) is 83.2 Å². The van der Waals surface area contributed by atoms with Crippen molar-refractivity contribution in [3.05, 3.63) is 52.6 Å². The van der Waals surface area contributed by atoms with Gasteiger partial charge in [0.2, 0.25) is 0 Å². The van der Waals surface area contributed by atoms with E-state index in [1.807, 2.05) is 0 Å². The molecule has 0 saturated heterocycles. The number of ether oxygens (including phenoxy) is 1. The molecule has 0 spiro atoms. The number of carbonyl (C=O) groups is 2. The summed E-state index contributed by atoms with van der Waals surface area (Å²) < 4.78 is 19.8. The van der Waals surface area contributed by atoms with Gasteiger partial charge < -0.3 is 20.4 Å². The van der Waals surface area contributed by atoms with E-state index in [0.29, 0.717) is 17.7 Å².